The average Bonchev–Trinajstić information content (AvgIpc) is 3.12. The second kappa shape index (κ2) is 7.92. The SMILES string of the molecule is C[C@@H](CNC(=O)N[C@H](C)c1ccc2c(c1)OCCO2)Cn1cccn1. The number of aromatic nitrogens is 2. The van der Waals surface area contributed by atoms with Crippen LogP contribution in [0.2, 0.25) is 0 Å². The summed E-state index contributed by atoms with van der Waals surface area (Å²) in [6.45, 7) is 6.49. The van der Waals surface area contributed by atoms with Crippen LogP contribution in [0.15, 0.2) is 36.7 Å². The predicted octanol–water partition coefficient (Wildman–Crippen LogP) is 2.35. The van der Waals surface area contributed by atoms with Crippen LogP contribution in [0, 0.1) is 5.92 Å². The van der Waals surface area contributed by atoms with Crippen molar-refractivity contribution in [2.75, 3.05) is 19.8 Å². The minimum Gasteiger partial charge on any atom is -0.486 e. The number of hydrogen-bond donors (Lipinski definition) is 2. The monoisotopic (exact) mass is 344 g/mol. The van der Waals surface area contributed by atoms with Gasteiger partial charge in [0, 0.05) is 25.5 Å². The van der Waals surface area contributed by atoms with E-state index in [4.69, 9.17) is 9.47 Å². The summed E-state index contributed by atoms with van der Waals surface area (Å²) in [6.07, 6.45) is 3.67. The molecule has 2 amide bonds. The molecule has 0 saturated heterocycles. The zero-order valence-electron chi connectivity index (χ0n) is 14.6. The van der Waals surface area contributed by atoms with Crippen LogP contribution in [0.5, 0.6) is 11.5 Å². The molecule has 7 heteroatoms. The molecule has 1 aliphatic heterocycles. The topological polar surface area (TPSA) is 77.4 Å². The third-order valence-corrected chi connectivity index (χ3v) is 4.08. The van der Waals surface area contributed by atoms with Gasteiger partial charge in [-0.3, -0.25) is 4.68 Å². The molecule has 0 unspecified atom stereocenters. The van der Waals surface area contributed by atoms with Crippen molar-refractivity contribution in [1.82, 2.24) is 20.4 Å². The Labute approximate surface area is 147 Å². The highest BCUT2D eigenvalue weighted by atomic mass is 16.6. The van der Waals surface area contributed by atoms with Crippen LogP contribution < -0.4 is 20.1 Å². The van der Waals surface area contributed by atoms with Crippen molar-refractivity contribution >= 4 is 6.03 Å². The fourth-order valence-corrected chi connectivity index (χ4v) is 2.72. The number of benzene rings is 1. The third kappa shape index (κ3) is 4.65. The summed E-state index contributed by atoms with van der Waals surface area (Å²) >= 11 is 0. The minimum atomic E-state index is -0.185. The molecule has 2 aromatic rings. The van der Waals surface area contributed by atoms with Gasteiger partial charge in [-0.1, -0.05) is 13.0 Å². The molecule has 7 nitrogen and oxygen atoms in total. The van der Waals surface area contributed by atoms with E-state index in [9.17, 15) is 4.79 Å². The summed E-state index contributed by atoms with van der Waals surface area (Å²) in [5.74, 6) is 1.76. The second-order valence-electron chi connectivity index (χ2n) is 6.31. The van der Waals surface area contributed by atoms with Gasteiger partial charge in [-0.15, -0.1) is 0 Å². The maximum atomic E-state index is 12.1. The van der Waals surface area contributed by atoms with Gasteiger partial charge in [-0.2, -0.15) is 5.10 Å². The maximum Gasteiger partial charge on any atom is 0.315 e. The summed E-state index contributed by atoms with van der Waals surface area (Å²) < 4.78 is 13.0. The van der Waals surface area contributed by atoms with Gasteiger partial charge in [0.15, 0.2) is 11.5 Å². The van der Waals surface area contributed by atoms with Crippen molar-refractivity contribution in [3.63, 3.8) is 0 Å². The fourth-order valence-electron chi connectivity index (χ4n) is 2.72. The third-order valence-electron chi connectivity index (χ3n) is 4.08. The number of hydrogen-bond acceptors (Lipinski definition) is 4. The molecule has 134 valence electrons. The van der Waals surface area contributed by atoms with E-state index in [1.54, 1.807) is 6.20 Å². The van der Waals surface area contributed by atoms with Crippen LogP contribution in [0.25, 0.3) is 0 Å². The van der Waals surface area contributed by atoms with E-state index >= 15 is 0 Å². The van der Waals surface area contributed by atoms with Gasteiger partial charge >= 0.3 is 6.03 Å². The van der Waals surface area contributed by atoms with Crippen molar-refractivity contribution in [3.8, 4) is 11.5 Å². The Morgan fingerprint density at radius 3 is 2.84 bits per heavy atom. The summed E-state index contributed by atoms with van der Waals surface area (Å²) in [6, 6.07) is 7.32. The van der Waals surface area contributed by atoms with E-state index in [1.807, 2.05) is 42.1 Å². The van der Waals surface area contributed by atoms with Gasteiger partial charge in [0.05, 0.1) is 6.04 Å². The van der Waals surface area contributed by atoms with E-state index in [2.05, 4.69) is 22.7 Å². The van der Waals surface area contributed by atoms with Gasteiger partial charge in [-0.05, 0) is 36.6 Å². The van der Waals surface area contributed by atoms with Gasteiger partial charge in [0.1, 0.15) is 13.2 Å². The predicted molar refractivity (Wildman–Crippen MR) is 93.8 cm³/mol. The Bertz CT molecular complexity index is 702. The molecule has 0 bridgehead atoms. The largest absolute Gasteiger partial charge is 0.486 e. The summed E-state index contributed by atoms with van der Waals surface area (Å²) in [5, 5.41) is 10.0. The number of urea groups is 1. The molecule has 0 saturated carbocycles. The Morgan fingerprint density at radius 1 is 1.28 bits per heavy atom. The highest BCUT2D eigenvalue weighted by Crippen LogP contribution is 2.32. The fraction of sp³-hybridized carbons (Fsp3) is 0.444. The highest BCUT2D eigenvalue weighted by molar-refractivity contribution is 5.74. The first kappa shape index (κ1) is 17.1. The number of carbonyl (C=O) groups excluding carboxylic acids is 1. The average molecular weight is 344 g/mol. The second-order valence-corrected chi connectivity index (χ2v) is 6.31. The lowest BCUT2D eigenvalue weighted by atomic mass is 10.1. The number of fused-ring (bicyclic) bond motifs is 1. The lowest BCUT2D eigenvalue weighted by Crippen LogP contribution is -2.39. The Balaban J connectivity index is 1.47. The number of nitrogens with zero attached hydrogens (tertiary/aromatic N) is 2. The van der Waals surface area contributed by atoms with Crippen LogP contribution in [0.1, 0.15) is 25.5 Å². The minimum absolute atomic E-state index is 0.128. The first-order valence-corrected chi connectivity index (χ1v) is 8.53. The normalized spacial score (nSPS) is 15.3. The molecule has 0 radical (unpaired) electrons. The Hall–Kier alpha value is -2.70. The van der Waals surface area contributed by atoms with Crippen LogP contribution in [-0.4, -0.2) is 35.6 Å². The standard InChI is InChI=1S/C18H24N4O3/c1-13(12-22-7-3-6-20-22)11-19-18(23)21-14(2)15-4-5-16-17(10-15)25-9-8-24-16/h3-7,10,13-14H,8-9,11-12H2,1-2H3,(H2,19,21,23)/t13-,14+/m0/s1. The van der Waals surface area contributed by atoms with Crippen molar-refractivity contribution in [1.29, 1.82) is 0 Å². The Kier molecular flexibility index (Phi) is 5.42. The molecule has 3 rings (SSSR count). The van der Waals surface area contributed by atoms with Crippen LogP contribution in [0.3, 0.4) is 0 Å². The molecule has 25 heavy (non-hydrogen) atoms. The van der Waals surface area contributed by atoms with Crippen LogP contribution in [0.4, 0.5) is 4.79 Å². The quantitative estimate of drug-likeness (QED) is 0.843. The smallest absolute Gasteiger partial charge is 0.315 e. The molecule has 0 fully saturated rings. The molecule has 2 atom stereocenters. The molecular weight excluding hydrogens is 320 g/mol. The number of amides is 2. The lowest BCUT2D eigenvalue weighted by molar-refractivity contribution is 0.171. The lowest BCUT2D eigenvalue weighted by Gasteiger charge is -2.21. The number of carbonyl (C=O) groups is 1. The van der Waals surface area contributed by atoms with Gasteiger partial charge in [-0.25, -0.2) is 4.79 Å². The van der Waals surface area contributed by atoms with Gasteiger partial charge in [0.25, 0.3) is 0 Å². The van der Waals surface area contributed by atoms with E-state index in [0.29, 0.717) is 19.8 Å². The zero-order valence-corrected chi connectivity index (χ0v) is 14.6. The van der Waals surface area contributed by atoms with Crippen LogP contribution >= 0.6 is 0 Å². The first-order chi connectivity index (χ1) is 12.1. The van der Waals surface area contributed by atoms with E-state index in [0.717, 1.165) is 23.6 Å². The van der Waals surface area contributed by atoms with E-state index in [-0.39, 0.29) is 18.0 Å². The molecule has 2 N–H and O–H groups in total. The number of ether oxygens (including phenoxy) is 2. The van der Waals surface area contributed by atoms with Crippen molar-refractivity contribution < 1.29 is 14.3 Å². The van der Waals surface area contributed by atoms with E-state index < -0.39 is 0 Å². The van der Waals surface area contributed by atoms with Gasteiger partial charge in [0.2, 0.25) is 0 Å². The van der Waals surface area contributed by atoms with Crippen molar-refractivity contribution in [2.45, 2.75) is 26.4 Å². The molecule has 0 aliphatic carbocycles. The Morgan fingerprint density at radius 2 is 2.08 bits per heavy atom. The van der Waals surface area contributed by atoms with Crippen molar-refractivity contribution in [3.05, 3.63) is 42.2 Å². The molecule has 2 heterocycles. The van der Waals surface area contributed by atoms with Crippen molar-refractivity contribution in [2.24, 2.45) is 5.92 Å². The molecular formula is C18H24N4O3. The van der Waals surface area contributed by atoms with Gasteiger partial charge < -0.3 is 20.1 Å². The van der Waals surface area contributed by atoms with Crippen LogP contribution in [-0.2, 0) is 6.54 Å². The highest BCUT2D eigenvalue weighted by Gasteiger charge is 2.16. The summed E-state index contributed by atoms with van der Waals surface area (Å²) in [5.41, 5.74) is 0.976. The van der Waals surface area contributed by atoms with E-state index in [1.165, 1.54) is 0 Å². The summed E-state index contributed by atoms with van der Waals surface area (Å²) in [7, 11) is 0. The number of nitrogens with one attached hydrogen (secondary N) is 2. The first-order valence-electron chi connectivity index (χ1n) is 8.53. The molecule has 1 aromatic carbocycles. The number of rotatable bonds is 6. The molecule has 0 spiro atoms. The maximum absolute atomic E-state index is 12.1. The zero-order chi connectivity index (χ0) is 17.6. The summed E-state index contributed by atoms with van der Waals surface area (Å²) in [4.78, 5) is 12.1. The molecule has 1 aromatic heterocycles. The molecule has 1 aliphatic rings.